The fourth-order valence-corrected chi connectivity index (χ4v) is 4.06. The number of aromatic nitrogens is 4. The Morgan fingerprint density at radius 3 is 2.96 bits per heavy atom. The summed E-state index contributed by atoms with van der Waals surface area (Å²) < 4.78 is 7.19. The van der Waals surface area contributed by atoms with E-state index in [1.54, 1.807) is 11.8 Å². The number of aryl methyl sites for hydroxylation is 2. The number of methoxy groups -OCH3 is 1. The van der Waals surface area contributed by atoms with E-state index in [2.05, 4.69) is 26.9 Å². The lowest BCUT2D eigenvalue weighted by atomic mass is 10.1. The largest absolute Gasteiger partial charge is 0.380 e. The van der Waals surface area contributed by atoms with E-state index in [1.165, 1.54) is 0 Å². The molecule has 28 heavy (non-hydrogen) atoms. The fourth-order valence-electron chi connectivity index (χ4n) is 4.06. The number of rotatable bonds is 5. The normalized spacial score (nSPS) is 19.8. The second-order valence-electron chi connectivity index (χ2n) is 7.65. The minimum Gasteiger partial charge on any atom is -0.380 e. The maximum absolute atomic E-state index is 13.2. The average Bonchev–Trinajstić information content (AvgIpc) is 3.32. The second-order valence-corrected chi connectivity index (χ2v) is 7.65. The summed E-state index contributed by atoms with van der Waals surface area (Å²) in [7, 11) is 3.63. The molecule has 8 heteroatoms. The number of carbonyl (C=O) groups is 1. The van der Waals surface area contributed by atoms with E-state index in [1.807, 2.05) is 24.3 Å². The quantitative estimate of drug-likeness (QED) is 0.771. The molecular weight excluding hydrogens is 356 g/mol. The molecule has 1 unspecified atom stereocenters. The number of ether oxygens (including phenoxy) is 1. The lowest BCUT2D eigenvalue weighted by molar-refractivity contribution is 0.0724. The van der Waals surface area contributed by atoms with Crippen LogP contribution in [0.25, 0.3) is 0 Å². The van der Waals surface area contributed by atoms with E-state index >= 15 is 0 Å². The van der Waals surface area contributed by atoms with E-state index in [-0.39, 0.29) is 12.0 Å². The molecule has 0 aromatic carbocycles. The van der Waals surface area contributed by atoms with Gasteiger partial charge in [0.25, 0.3) is 5.91 Å². The molecule has 1 atom stereocenters. The zero-order valence-electron chi connectivity index (χ0n) is 16.9. The van der Waals surface area contributed by atoms with E-state index in [0.29, 0.717) is 18.8 Å². The van der Waals surface area contributed by atoms with Crippen LogP contribution in [0.4, 0.5) is 0 Å². The van der Waals surface area contributed by atoms with Crippen molar-refractivity contribution in [3.63, 3.8) is 0 Å². The minimum absolute atomic E-state index is 0.0108. The summed E-state index contributed by atoms with van der Waals surface area (Å²) in [5, 5.41) is 4.49. The van der Waals surface area contributed by atoms with Gasteiger partial charge in [-0.3, -0.25) is 14.4 Å². The van der Waals surface area contributed by atoms with Gasteiger partial charge in [0, 0.05) is 83.2 Å². The van der Waals surface area contributed by atoms with Crippen LogP contribution in [-0.4, -0.2) is 68.3 Å². The SMILES string of the molecule is CCc1ncc2c(n1)CCN(C(=O)c1nn(C)cc1CN1CCC(OC)C1)C2. The van der Waals surface area contributed by atoms with Gasteiger partial charge in [0.1, 0.15) is 5.82 Å². The van der Waals surface area contributed by atoms with E-state index in [0.717, 1.165) is 61.5 Å². The van der Waals surface area contributed by atoms with Gasteiger partial charge in [-0.1, -0.05) is 6.92 Å². The van der Waals surface area contributed by atoms with Crippen molar-refractivity contribution in [2.75, 3.05) is 26.7 Å². The smallest absolute Gasteiger partial charge is 0.275 e. The summed E-state index contributed by atoms with van der Waals surface area (Å²) >= 11 is 0. The number of amides is 1. The zero-order chi connectivity index (χ0) is 19.7. The molecule has 150 valence electrons. The van der Waals surface area contributed by atoms with Crippen molar-refractivity contribution in [2.24, 2.45) is 7.05 Å². The molecule has 0 bridgehead atoms. The highest BCUT2D eigenvalue weighted by Crippen LogP contribution is 2.22. The number of likely N-dealkylation sites (tertiary alicyclic amines) is 1. The van der Waals surface area contributed by atoms with E-state index in [4.69, 9.17) is 4.74 Å². The summed E-state index contributed by atoms with van der Waals surface area (Å²) in [4.78, 5) is 26.4. The summed E-state index contributed by atoms with van der Waals surface area (Å²) in [6, 6.07) is 0. The lowest BCUT2D eigenvalue weighted by Crippen LogP contribution is -2.37. The number of nitrogens with zero attached hydrogens (tertiary/aromatic N) is 6. The average molecular weight is 384 g/mol. The number of carbonyl (C=O) groups excluding carboxylic acids is 1. The minimum atomic E-state index is -0.0108. The van der Waals surface area contributed by atoms with Gasteiger partial charge in [0.15, 0.2) is 5.69 Å². The standard InChI is InChI=1S/C20H28N6O2/c1-4-18-21-9-14-12-26(8-6-17(14)22-18)20(27)19-15(10-24(2)23-19)11-25-7-5-16(13-25)28-3/h9-10,16H,4-8,11-13H2,1-3H3. The van der Waals surface area contributed by atoms with Gasteiger partial charge in [0.05, 0.1) is 11.8 Å². The highest BCUT2D eigenvalue weighted by atomic mass is 16.5. The molecule has 0 spiro atoms. The molecule has 0 radical (unpaired) electrons. The maximum atomic E-state index is 13.2. The predicted octanol–water partition coefficient (Wildman–Crippen LogP) is 1.19. The molecule has 1 amide bonds. The summed E-state index contributed by atoms with van der Waals surface area (Å²) in [5.41, 5.74) is 3.64. The Hall–Kier alpha value is -2.32. The van der Waals surface area contributed by atoms with Crippen LogP contribution in [0.15, 0.2) is 12.4 Å². The molecule has 2 aliphatic rings. The van der Waals surface area contributed by atoms with Gasteiger partial charge < -0.3 is 9.64 Å². The first kappa shape index (κ1) is 19.0. The number of fused-ring (bicyclic) bond motifs is 1. The molecular formula is C20H28N6O2. The highest BCUT2D eigenvalue weighted by Gasteiger charge is 2.29. The Kier molecular flexibility index (Phi) is 5.41. The van der Waals surface area contributed by atoms with Crippen LogP contribution in [0, 0.1) is 0 Å². The summed E-state index contributed by atoms with van der Waals surface area (Å²) in [6.45, 7) is 5.87. The van der Waals surface area contributed by atoms with Gasteiger partial charge in [0.2, 0.25) is 0 Å². The monoisotopic (exact) mass is 384 g/mol. The van der Waals surface area contributed by atoms with Crippen molar-refractivity contribution in [3.05, 3.63) is 40.7 Å². The van der Waals surface area contributed by atoms with Gasteiger partial charge in [-0.15, -0.1) is 0 Å². The van der Waals surface area contributed by atoms with Crippen LogP contribution in [0.2, 0.25) is 0 Å². The molecule has 4 heterocycles. The first-order chi connectivity index (χ1) is 13.6. The Morgan fingerprint density at radius 2 is 2.21 bits per heavy atom. The van der Waals surface area contributed by atoms with Crippen LogP contribution in [0.5, 0.6) is 0 Å². The molecule has 0 saturated carbocycles. The molecule has 2 aromatic heterocycles. The topological polar surface area (TPSA) is 76.4 Å². The third kappa shape index (κ3) is 3.79. The fraction of sp³-hybridized carbons (Fsp3) is 0.600. The molecule has 2 aromatic rings. The van der Waals surface area contributed by atoms with Crippen molar-refractivity contribution < 1.29 is 9.53 Å². The molecule has 4 rings (SSSR count). The highest BCUT2D eigenvalue weighted by molar-refractivity contribution is 5.93. The second kappa shape index (κ2) is 7.97. The first-order valence-corrected chi connectivity index (χ1v) is 9.98. The number of hydrogen-bond acceptors (Lipinski definition) is 6. The van der Waals surface area contributed by atoms with Crippen molar-refractivity contribution in [1.29, 1.82) is 0 Å². The Balaban J connectivity index is 1.49. The Labute approximate surface area is 165 Å². The first-order valence-electron chi connectivity index (χ1n) is 9.98. The molecule has 1 fully saturated rings. The van der Waals surface area contributed by atoms with Crippen LogP contribution in [-0.2, 0) is 37.7 Å². The van der Waals surface area contributed by atoms with Crippen LogP contribution in [0.1, 0.15) is 46.5 Å². The molecule has 1 saturated heterocycles. The van der Waals surface area contributed by atoms with Gasteiger partial charge >= 0.3 is 0 Å². The van der Waals surface area contributed by atoms with E-state index in [9.17, 15) is 4.79 Å². The van der Waals surface area contributed by atoms with E-state index < -0.39 is 0 Å². The van der Waals surface area contributed by atoms with Gasteiger partial charge in [-0.05, 0) is 6.42 Å². The summed E-state index contributed by atoms with van der Waals surface area (Å²) in [5.74, 6) is 0.855. The van der Waals surface area contributed by atoms with Gasteiger partial charge in [-0.25, -0.2) is 9.97 Å². The van der Waals surface area contributed by atoms with Crippen molar-refractivity contribution in [1.82, 2.24) is 29.5 Å². The number of hydrogen-bond donors (Lipinski definition) is 0. The summed E-state index contributed by atoms with van der Waals surface area (Å²) in [6.07, 6.45) is 6.73. The van der Waals surface area contributed by atoms with Crippen molar-refractivity contribution >= 4 is 5.91 Å². The van der Waals surface area contributed by atoms with Crippen LogP contribution < -0.4 is 0 Å². The van der Waals surface area contributed by atoms with Gasteiger partial charge in [-0.2, -0.15) is 5.10 Å². The van der Waals surface area contributed by atoms with Crippen LogP contribution >= 0.6 is 0 Å². The third-order valence-corrected chi connectivity index (χ3v) is 5.65. The zero-order valence-corrected chi connectivity index (χ0v) is 16.9. The predicted molar refractivity (Wildman–Crippen MR) is 104 cm³/mol. The molecule has 8 nitrogen and oxygen atoms in total. The Bertz CT molecular complexity index is 864. The molecule has 0 N–H and O–H groups in total. The van der Waals surface area contributed by atoms with Crippen LogP contribution in [0.3, 0.4) is 0 Å². The molecule has 0 aliphatic carbocycles. The maximum Gasteiger partial charge on any atom is 0.275 e. The van der Waals surface area contributed by atoms with Crippen molar-refractivity contribution in [2.45, 2.75) is 45.4 Å². The third-order valence-electron chi connectivity index (χ3n) is 5.65. The van der Waals surface area contributed by atoms with Crippen molar-refractivity contribution in [3.8, 4) is 0 Å². The Morgan fingerprint density at radius 1 is 1.36 bits per heavy atom. The molecule has 2 aliphatic heterocycles. The lowest BCUT2D eigenvalue weighted by Gasteiger charge is -2.28.